The predicted octanol–water partition coefficient (Wildman–Crippen LogP) is 3.90. The molecule has 3 aliphatic rings. The molecule has 8 nitrogen and oxygen atoms in total. The lowest BCUT2D eigenvalue weighted by Gasteiger charge is -2.34. The maximum atomic E-state index is 14.0. The Labute approximate surface area is 211 Å². The lowest BCUT2D eigenvalue weighted by Crippen LogP contribution is -2.55. The van der Waals surface area contributed by atoms with Crippen molar-refractivity contribution in [1.82, 2.24) is 10.0 Å². The molecule has 3 atom stereocenters. The van der Waals surface area contributed by atoms with Crippen LogP contribution in [0.2, 0.25) is 0 Å². The van der Waals surface area contributed by atoms with E-state index in [1.807, 2.05) is 72.8 Å². The highest BCUT2D eigenvalue weighted by molar-refractivity contribution is 6.27. The number of nitrogens with zero attached hydrogens (tertiary/aromatic N) is 3. The van der Waals surface area contributed by atoms with E-state index in [1.165, 1.54) is 0 Å². The van der Waals surface area contributed by atoms with E-state index in [1.54, 1.807) is 29.3 Å². The summed E-state index contributed by atoms with van der Waals surface area (Å²) in [5.41, 5.74) is 1.98. The summed E-state index contributed by atoms with van der Waals surface area (Å²) in [5.74, 6) is -3.79. The van der Waals surface area contributed by atoms with Gasteiger partial charge in [-0.15, -0.1) is 0 Å². The third kappa shape index (κ3) is 2.93. The van der Waals surface area contributed by atoms with Crippen LogP contribution in [0.1, 0.15) is 32.3 Å². The zero-order valence-corrected chi connectivity index (χ0v) is 19.4. The zero-order valence-electron chi connectivity index (χ0n) is 19.4. The summed E-state index contributed by atoms with van der Waals surface area (Å²) < 4.78 is 0. The van der Waals surface area contributed by atoms with E-state index in [9.17, 15) is 19.2 Å². The van der Waals surface area contributed by atoms with Gasteiger partial charge in [0.2, 0.25) is 0 Å². The fraction of sp³-hybridized carbons (Fsp3) is 0.103. The monoisotopic (exact) mass is 489 g/mol. The normalized spacial score (nSPS) is 22.8. The van der Waals surface area contributed by atoms with Gasteiger partial charge in [0.1, 0.15) is 5.92 Å². The van der Waals surface area contributed by atoms with Gasteiger partial charge in [-0.3, -0.25) is 24.0 Å². The molecule has 0 bridgehead atoms. The Morgan fingerprint density at radius 3 is 1.81 bits per heavy atom. The molecule has 4 aromatic rings. The van der Waals surface area contributed by atoms with E-state index in [0.717, 1.165) is 10.9 Å². The van der Waals surface area contributed by atoms with Crippen molar-refractivity contribution in [1.29, 1.82) is 0 Å². The Morgan fingerprint density at radius 2 is 1.19 bits per heavy atom. The van der Waals surface area contributed by atoms with Crippen LogP contribution in [0.4, 0.5) is 5.69 Å². The van der Waals surface area contributed by atoms with Crippen molar-refractivity contribution in [3.63, 3.8) is 0 Å². The highest BCUT2D eigenvalue weighted by atomic mass is 16.7. The van der Waals surface area contributed by atoms with Gasteiger partial charge in [-0.2, -0.15) is 10.0 Å². The van der Waals surface area contributed by atoms with Crippen molar-refractivity contribution < 1.29 is 24.0 Å². The molecule has 0 spiro atoms. The standard InChI is InChI=1S/C29H19N3O5/c33-26-20-15-7-11-17-12-8-16-21(22(17)20)27(34)30(26)31-28(35)23-24(18-9-3-1-4-10-18)32(37-25(23)29(31)36)19-13-5-2-6-14-19/h1-16,23-25H/t23-,24-,25+/m1/s1. The van der Waals surface area contributed by atoms with Crippen LogP contribution in [0.15, 0.2) is 97.1 Å². The number of rotatable bonds is 3. The first kappa shape index (κ1) is 21.5. The largest absolute Gasteiger partial charge is 0.281 e. The van der Waals surface area contributed by atoms with Crippen LogP contribution in [-0.4, -0.2) is 39.8 Å². The number of carbonyl (C=O) groups excluding carboxylic acids is 4. The van der Waals surface area contributed by atoms with Gasteiger partial charge in [-0.25, -0.2) is 5.06 Å². The molecule has 4 aromatic carbocycles. The number of benzene rings is 4. The van der Waals surface area contributed by atoms with Crippen molar-refractivity contribution in [2.45, 2.75) is 12.1 Å². The van der Waals surface area contributed by atoms with E-state index < -0.39 is 41.7 Å². The van der Waals surface area contributed by atoms with Crippen LogP contribution in [-0.2, 0) is 14.4 Å². The third-order valence-corrected chi connectivity index (χ3v) is 7.19. The molecule has 8 heteroatoms. The number of hydrogen-bond acceptors (Lipinski definition) is 6. The Balaban J connectivity index is 1.32. The van der Waals surface area contributed by atoms with Crippen molar-refractivity contribution in [3.8, 4) is 0 Å². The van der Waals surface area contributed by atoms with Gasteiger partial charge in [0.15, 0.2) is 6.10 Å². The molecule has 37 heavy (non-hydrogen) atoms. The second-order valence-electron chi connectivity index (χ2n) is 9.19. The van der Waals surface area contributed by atoms with Gasteiger partial charge in [0.05, 0.1) is 22.9 Å². The van der Waals surface area contributed by atoms with E-state index in [0.29, 0.717) is 21.1 Å². The van der Waals surface area contributed by atoms with Crippen molar-refractivity contribution >= 4 is 40.1 Å². The Hall–Kier alpha value is -4.82. The highest BCUT2D eigenvalue weighted by Crippen LogP contribution is 2.47. The van der Waals surface area contributed by atoms with Gasteiger partial charge in [-0.05, 0) is 35.2 Å². The van der Waals surface area contributed by atoms with Crippen molar-refractivity contribution in [3.05, 3.63) is 114 Å². The van der Waals surface area contributed by atoms with Gasteiger partial charge >= 0.3 is 0 Å². The minimum Gasteiger partial charge on any atom is -0.272 e. The number of hydrogen-bond donors (Lipinski definition) is 0. The smallest absolute Gasteiger partial charge is 0.272 e. The van der Waals surface area contributed by atoms with Crippen LogP contribution >= 0.6 is 0 Å². The number of hydroxylamine groups is 1. The Kier molecular flexibility index (Phi) is 4.55. The molecule has 3 heterocycles. The number of anilines is 1. The summed E-state index contributed by atoms with van der Waals surface area (Å²) in [6, 6.07) is 28.1. The summed E-state index contributed by atoms with van der Waals surface area (Å²) in [4.78, 5) is 60.9. The number of fused-ring (bicyclic) bond motifs is 1. The Bertz CT molecular complexity index is 1570. The van der Waals surface area contributed by atoms with E-state index in [4.69, 9.17) is 4.84 Å². The summed E-state index contributed by atoms with van der Waals surface area (Å²) >= 11 is 0. The molecular formula is C29H19N3O5. The van der Waals surface area contributed by atoms with Gasteiger partial charge < -0.3 is 0 Å². The maximum Gasteiger partial charge on any atom is 0.281 e. The molecule has 0 saturated carbocycles. The third-order valence-electron chi connectivity index (χ3n) is 7.19. The molecule has 4 amide bonds. The first-order valence-electron chi connectivity index (χ1n) is 11.9. The minimum atomic E-state index is -1.19. The second kappa shape index (κ2) is 7.84. The molecule has 2 fully saturated rings. The molecule has 180 valence electrons. The molecule has 0 aromatic heterocycles. The van der Waals surface area contributed by atoms with Gasteiger partial charge in [-0.1, -0.05) is 72.8 Å². The number of imide groups is 2. The average Bonchev–Trinajstić information content (AvgIpc) is 3.45. The molecule has 0 N–H and O–H groups in total. The van der Waals surface area contributed by atoms with Gasteiger partial charge in [0, 0.05) is 5.39 Å². The predicted molar refractivity (Wildman–Crippen MR) is 133 cm³/mol. The maximum absolute atomic E-state index is 14.0. The first-order valence-corrected chi connectivity index (χ1v) is 11.9. The quantitative estimate of drug-likeness (QED) is 0.406. The zero-order chi connectivity index (χ0) is 25.3. The molecule has 0 unspecified atom stereocenters. The first-order chi connectivity index (χ1) is 18.1. The summed E-state index contributed by atoms with van der Waals surface area (Å²) in [6.45, 7) is 0. The van der Waals surface area contributed by atoms with Crippen LogP contribution in [0, 0.1) is 5.92 Å². The summed E-state index contributed by atoms with van der Waals surface area (Å²) in [5, 5.41) is 4.20. The minimum absolute atomic E-state index is 0.261. The fourth-order valence-electron chi connectivity index (χ4n) is 5.58. The van der Waals surface area contributed by atoms with E-state index in [2.05, 4.69) is 0 Å². The van der Waals surface area contributed by atoms with E-state index >= 15 is 0 Å². The fourth-order valence-corrected chi connectivity index (χ4v) is 5.58. The topological polar surface area (TPSA) is 87.2 Å². The van der Waals surface area contributed by atoms with Crippen molar-refractivity contribution in [2.75, 3.05) is 5.06 Å². The van der Waals surface area contributed by atoms with Crippen LogP contribution in [0.5, 0.6) is 0 Å². The van der Waals surface area contributed by atoms with Crippen LogP contribution in [0.25, 0.3) is 10.8 Å². The second-order valence-corrected chi connectivity index (χ2v) is 9.19. The molecule has 7 rings (SSSR count). The lowest BCUT2D eigenvalue weighted by molar-refractivity contribution is -0.154. The van der Waals surface area contributed by atoms with Crippen LogP contribution < -0.4 is 5.06 Å². The summed E-state index contributed by atoms with van der Waals surface area (Å²) in [7, 11) is 0. The molecular weight excluding hydrogens is 470 g/mol. The molecule has 2 saturated heterocycles. The average molecular weight is 489 g/mol. The number of amides is 4. The van der Waals surface area contributed by atoms with Crippen LogP contribution in [0.3, 0.4) is 0 Å². The SMILES string of the molecule is O=C1c2cccc3cccc(c23)C(=O)N1N1C(=O)[C@H]2[C@H](ON(c3ccccc3)[C@@H]2c2ccccc2)C1=O. The number of hydrazine groups is 1. The molecule has 0 radical (unpaired) electrons. The van der Waals surface area contributed by atoms with E-state index in [-0.39, 0.29) is 11.1 Å². The molecule has 0 aliphatic carbocycles. The van der Waals surface area contributed by atoms with Gasteiger partial charge in [0.25, 0.3) is 23.6 Å². The lowest BCUT2D eigenvalue weighted by atomic mass is 9.90. The van der Waals surface area contributed by atoms with Crippen molar-refractivity contribution in [2.24, 2.45) is 5.92 Å². The summed E-state index contributed by atoms with van der Waals surface area (Å²) in [6.07, 6.45) is -1.19. The number of carbonyl (C=O) groups is 4. The Morgan fingerprint density at radius 1 is 0.595 bits per heavy atom. The highest BCUT2D eigenvalue weighted by Gasteiger charge is 2.63. The number of para-hydroxylation sites is 1. The molecule has 3 aliphatic heterocycles.